The Balaban J connectivity index is 2.03. The van der Waals surface area contributed by atoms with Gasteiger partial charge >= 0.3 is 0 Å². The number of halogens is 1. The highest BCUT2D eigenvalue weighted by Crippen LogP contribution is 2.31. The zero-order valence-corrected chi connectivity index (χ0v) is 20.8. The number of hydrazine groups is 1. The summed E-state index contributed by atoms with van der Waals surface area (Å²) in [5, 5.41) is 0.375. The summed E-state index contributed by atoms with van der Waals surface area (Å²) in [5.74, 6) is 5.66. The molecule has 0 radical (unpaired) electrons. The van der Waals surface area contributed by atoms with E-state index in [1.807, 2.05) is 38.1 Å². The van der Waals surface area contributed by atoms with Crippen molar-refractivity contribution < 1.29 is 0 Å². The first kappa shape index (κ1) is 25.4. The minimum absolute atomic E-state index is 0.375. The van der Waals surface area contributed by atoms with Crippen LogP contribution in [0.15, 0.2) is 100 Å². The fraction of sp³-hybridized carbons (Fsp3) is 0.241. The van der Waals surface area contributed by atoms with Gasteiger partial charge in [0.25, 0.3) is 0 Å². The number of hydrogen-bond donors (Lipinski definition) is 2. The monoisotopic (exact) mass is 472 g/mol. The molecule has 1 aliphatic carbocycles. The van der Waals surface area contributed by atoms with E-state index < -0.39 is 0 Å². The first-order chi connectivity index (χ1) is 16.5. The predicted molar refractivity (Wildman–Crippen MR) is 148 cm³/mol. The lowest BCUT2D eigenvalue weighted by Crippen LogP contribution is -2.15. The summed E-state index contributed by atoms with van der Waals surface area (Å²) in [5.41, 5.74) is 10.9. The number of nitrogens with zero attached hydrogens (tertiary/aromatic N) is 2. The van der Waals surface area contributed by atoms with E-state index in [1.165, 1.54) is 29.6 Å². The molecule has 34 heavy (non-hydrogen) atoms. The molecule has 0 saturated heterocycles. The minimum Gasteiger partial charge on any atom is -0.331 e. The van der Waals surface area contributed by atoms with Crippen LogP contribution in [-0.4, -0.2) is 11.4 Å². The maximum absolute atomic E-state index is 6.82. The Labute approximate surface area is 208 Å². The average molecular weight is 473 g/mol. The lowest BCUT2D eigenvalue weighted by Gasteiger charge is -2.18. The second kappa shape index (κ2) is 12.9. The van der Waals surface area contributed by atoms with Crippen LogP contribution in [0.3, 0.4) is 0 Å². The van der Waals surface area contributed by atoms with Gasteiger partial charge < -0.3 is 5.43 Å². The fourth-order valence-corrected chi connectivity index (χ4v) is 4.35. The quantitative estimate of drug-likeness (QED) is 0.228. The van der Waals surface area contributed by atoms with E-state index in [1.54, 1.807) is 18.5 Å². The highest BCUT2D eigenvalue weighted by atomic mass is 35.5. The van der Waals surface area contributed by atoms with Crippen molar-refractivity contribution in [2.75, 3.05) is 0 Å². The number of hydrogen-bond acceptors (Lipinski definition) is 4. The molecule has 1 aliphatic rings. The van der Waals surface area contributed by atoms with Gasteiger partial charge in [0, 0.05) is 23.7 Å². The number of benzene rings is 2. The molecule has 5 heteroatoms. The summed E-state index contributed by atoms with van der Waals surface area (Å²) in [6.07, 6.45) is 12.8. The molecule has 0 saturated carbocycles. The third kappa shape index (κ3) is 6.89. The second-order valence-corrected chi connectivity index (χ2v) is 8.70. The van der Waals surface area contributed by atoms with Crippen molar-refractivity contribution in [1.29, 1.82) is 0 Å². The normalized spacial score (nSPS) is 15.7. The van der Waals surface area contributed by atoms with Crippen molar-refractivity contribution in [2.45, 2.75) is 46.0 Å². The SMILES string of the molecule is C=C/C=N\c1cc(C(=C/NN)/C(Cl)=N\C(C)=C(\Cc2ccccc2)C2=CCCCC2)ccc1C. The van der Waals surface area contributed by atoms with Crippen molar-refractivity contribution in [1.82, 2.24) is 5.43 Å². The summed E-state index contributed by atoms with van der Waals surface area (Å²) in [6.45, 7) is 7.76. The molecule has 0 spiro atoms. The van der Waals surface area contributed by atoms with Crippen molar-refractivity contribution in [3.8, 4) is 0 Å². The number of aliphatic imine (C=N–C) groups is 2. The maximum Gasteiger partial charge on any atom is 0.138 e. The van der Waals surface area contributed by atoms with Crippen LogP contribution in [0, 0.1) is 6.92 Å². The molecule has 3 rings (SSSR count). The summed E-state index contributed by atoms with van der Waals surface area (Å²) < 4.78 is 0. The summed E-state index contributed by atoms with van der Waals surface area (Å²) >= 11 is 6.82. The first-order valence-corrected chi connectivity index (χ1v) is 12.0. The highest BCUT2D eigenvalue weighted by molar-refractivity contribution is 6.76. The van der Waals surface area contributed by atoms with Crippen LogP contribution < -0.4 is 11.3 Å². The molecule has 4 nitrogen and oxygen atoms in total. The minimum atomic E-state index is 0.375. The van der Waals surface area contributed by atoms with Crippen LogP contribution >= 0.6 is 11.6 Å². The molecule has 0 unspecified atom stereocenters. The van der Waals surface area contributed by atoms with Crippen molar-refractivity contribution in [3.05, 3.63) is 107 Å². The lowest BCUT2D eigenvalue weighted by molar-refractivity contribution is 0.701. The summed E-state index contributed by atoms with van der Waals surface area (Å²) in [7, 11) is 0. The first-order valence-electron chi connectivity index (χ1n) is 11.6. The maximum atomic E-state index is 6.82. The molecule has 176 valence electrons. The lowest BCUT2D eigenvalue weighted by atomic mass is 9.89. The zero-order chi connectivity index (χ0) is 24.3. The van der Waals surface area contributed by atoms with Gasteiger partial charge in [0.05, 0.1) is 5.69 Å². The Bertz CT molecular complexity index is 1150. The average Bonchev–Trinajstić information content (AvgIpc) is 2.86. The third-order valence-corrected chi connectivity index (χ3v) is 6.18. The highest BCUT2D eigenvalue weighted by Gasteiger charge is 2.15. The molecule has 2 aromatic rings. The van der Waals surface area contributed by atoms with Crippen molar-refractivity contribution in [2.24, 2.45) is 15.8 Å². The standard InChI is InChI=1S/C29H33ClN4/c1-4-17-32-28-19-25(16-15-21(28)2)27(20-33-31)29(30)34-22(3)26(24-13-9-6-10-14-24)18-23-11-7-5-8-12-23/h4-5,7-8,11-13,15-17,19-20,33H,1,6,9-10,14,18,31H2,2-3H3/b26-22-,27-20-,32-17-,34-29+. The molecule has 0 fully saturated rings. The number of nitrogens with one attached hydrogen (secondary N) is 1. The van der Waals surface area contributed by atoms with Crippen molar-refractivity contribution >= 4 is 34.2 Å². The van der Waals surface area contributed by atoms with E-state index in [-0.39, 0.29) is 0 Å². The molecule has 2 aromatic carbocycles. The number of nitrogens with two attached hydrogens (primary N) is 1. The van der Waals surface area contributed by atoms with Gasteiger partial charge in [-0.3, -0.25) is 10.8 Å². The van der Waals surface area contributed by atoms with E-state index in [4.69, 9.17) is 22.4 Å². The van der Waals surface area contributed by atoms with E-state index in [0.717, 1.165) is 41.8 Å². The second-order valence-electron chi connectivity index (χ2n) is 8.34. The van der Waals surface area contributed by atoms with Crippen LogP contribution in [0.1, 0.15) is 49.3 Å². The van der Waals surface area contributed by atoms with Crippen LogP contribution in [0.5, 0.6) is 0 Å². The summed E-state index contributed by atoms with van der Waals surface area (Å²) in [4.78, 5) is 9.32. The molecule has 0 aliphatic heterocycles. The van der Waals surface area contributed by atoms with Gasteiger partial charge in [0.1, 0.15) is 5.17 Å². The topological polar surface area (TPSA) is 62.8 Å². The smallest absolute Gasteiger partial charge is 0.138 e. The van der Waals surface area contributed by atoms with Gasteiger partial charge in [-0.05, 0) is 79.9 Å². The molecular weight excluding hydrogens is 440 g/mol. The van der Waals surface area contributed by atoms with E-state index in [9.17, 15) is 0 Å². The molecule has 0 atom stereocenters. The van der Waals surface area contributed by atoms with E-state index in [0.29, 0.717) is 10.7 Å². The van der Waals surface area contributed by atoms with Gasteiger partial charge in [-0.15, -0.1) is 0 Å². The van der Waals surface area contributed by atoms with E-state index in [2.05, 4.69) is 47.3 Å². The van der Waals surface area contributed by atoms with Crippen LogP contribution in [-0.2, 0) is 6.42 Å². The van der Waals surface area contributed by atoms with Gasteiger partial charge in [-0.25, -0.2) is 4.99 Å². The molecular formula is C29H33ClN4. The van der Waals surface area contributed by atoms with E-state index >= 15 is 0 Å². The zero-order valence-electron chi connectivity index (χ0n) is 20.0. The Kier molecular flexibility index (Phi) is 9.62. The molecule has 0 heterocycles. The number of aryl methyl sites for hydroxylation is 1. The Hall–Kier alpha value is -3.21. The van der Waals surface area contributed by atoms with Crippen LogP contribution in [0.2, 0.25) is 0 Å². The van der Waals surface area contributed by atoms with Gasteiger partial charge in [0.15, 0.2) is 0 Å². The van der Waals surface area contributed by atoms with Crippen LogP contribution in [0.25, 0.3) is 5.57 Å². The van der Waals surface area contributed by atoms with Crippen molar-refractivity contribution in [3.63, 3.8) is 0 Å². The van der Waals surface area contributed by atoms with Gasteiger partial charge in [0.2, 0.25) is 0 Å². The number of allylic oxidation sites excluding steroid dienone is 6. The Morgan fingerprint density at radius 3 is 2.65 bits per heavy atom. The predicted octanol–water partition coefficient (Wildman–Crippen LogP) is 7.34. The van der Waals surface area contributed by atoms with Crippen LogP contribution in [0.4, 0.5) is 5.69 Å². The largest absolute Gasteiger partial charge is 0.331 e. The van der Waals surface area contributed by atoms with Gasteiger partial charge in [-0.1, -0.05) is 72.8 Å². The molecule has 0 aromatic heterocycles. The Morgan fingerprint density at radius 2 is 1.97 bits per heavy atom. The summed E-state index contributed by atoms with van der Waals surface area (Å²) in [6, 6.07) is 16.5. The Morgan fingerprint density at radius 1 is 1.18 bits per heavy atom. The molecule has 0 bridgehead atoms. The third-order valence-electron chi connectivity index (χ3n) is 5.89. The fourth-order valence-electron chi connectivity index (χ4n) is 4.06. The molecule has 3 N–H and O–H groups in total. The number of rotatable bonds is 9. The molecule has 0 amide bonds. The van der Waals surface area contributed by atoms with Gasteiger partial charge in [-0.2, -0.15) is 0 Å².